The van der Waals surface area contributed by atoms with Gasteiger partial charge in [0.25, 0.3) is 0 Å². The lowest BCUT2D eigenvalue weighted by molar-refractivity contribution is -0.137. The second kappa shape index (κ2) is 5.55. The topological polar surface area (TPSA) is 40.5 Å². The molecule has 0 aliphatic carbocycles. The van der Waals surface area contributed by atoms with Crippen molar-refractivity contribution in [3.8, 4) is 0 Å². The fourth-order valence-electron chi connectivity index (χ4n) is 2.33. The molecule has 1 aliphatic heterocycles. The Labute approximate surface area is 118 Å². The van der Waals surface area contributed by atoms with E-state index in [-0.39, 0.29) is 5.25 Å². The lowest BCUT2D eigenvalue weighted by atomic mass is 9.98. The highest BCUT2D eigenvalue weighted by atomic mass is 32.2. The fourth-order valence-corrected chi connectivity index (χ4v) is 3.37. The predicted octanol–water partition coefficient (Wildman–Crippen LogP) is 4.39. The van der Waals surface area contributed by atoms with Crippen LogP contribution in [0.4, 0.5) is 23.7 Å². The van der Waals surface area contributed by atoms with Crippen LogP contribution in [0, 0.1) is 0 Å². The summed E-state index contributed by atoms with van der Waals surface area (Å²) < 4.78 is 38.4. The van der Waals surface area contributed by atoms with E-state index in [9.17, 15) is 18.0 Å². The first-order valence-electron chi connectivity index (χ1n) is 6.17. The van der Waals surface area contributed by atoms with Gasteiger partial charge >= 0.3 is 12.3 Å². The summed E-state index contributed by atoms with van der Waals surface area (Å²) in [6.45, 7) is 2.24. The third kappa shape index (κ3) is 2.87. The van der Waals surface area contributed by atoms with Crippen molar-refractivity contribution in [2.45, 2.75) is 24.8 Å². The van der Waals surface area contributed by atoms with Gasteiger partial charge in [-0.15, -0.1) is 0 Å². The molecule has 0 fully saturated rings. The molecule has 1 amide bonds. The predicted molar refractivity (Wildman–Crippen MR) is 72.3 cm³/mol. The summed E-state index contributed by atoms with van der Waals surface area (Å²) in [5.41, 5.74) is 0.0909. The molecule has 110 valence electrons. The number of carbonyl (C=O) groups is 1. The summed E-state index contributed by atoms with van der Waals surface area (Å²) in [5, 5.41) is 9.04. The molecule has 1 heterocycles. The molecule has 7 heteroatoms. The summed E-state index contributed by atoms with van der Waals surface area (Å²) >= 11 is 1.54. The molecule has 0 spiro atoms. The molecule has 1 N–H and O–H groups in total. The van der Waals surface area contributed by atoms with E-state index in [1.54, 1.807) is 11.8 Å². The maximum atomic E-state index is 12.8. The van der Waals surface area contributed by atoms with Crippen LogP contribution in [0.2, 0.25) is 0 Å². The largest absolute Gasteiger partial charge is 0.465 e. The maximum absolute atomic E-state index is 12.8. The van der Waals surface area contributed by atoms with Gasteiger partial charge in [0, 0.05) is 11.8 Å². The van der Waals surface area contributed by atoms with Gasteiger partial charge in [-0.25, -0.2) is 4.79 Å². The minimum absolute atomic E-state index is 0.0899. The number of alkyl halides is 3. The number of carboxylic acid groups (broad SMARTS) is 1. The number of rotatable bonds is 2. The fraction of sp³-hybridized carbons (Fsp3) is 0.462. The third-order valence-electron chi connectivity index (χ3n) is 3.21. The van der Waals surface area contributed by atoms with Gasteiger partial charge in [-0.05, 0) is 35.9 Å². The quantitative estimate of drug-likeness (QED) is 0.881. The van der Waals surface area contributed by atoms with Crippen molar-refractivity contribution in [1.29, 1.82) is 0 Å². The highest BCUT2D eigenvalue weighted by molar-refractivity contribution is 7.99. The highest BCUT2D eigenvalue weighted by Crippen LogP contribution is 2.44. The normalized spacial score (nSPS) is 18.8. The van der Waals surface area contributed by atoms with Gasteiger partial charge in [-0.3, -0.25) is 4.90 Å². The van der Waals surface area contributed by atoms with E-state index in [1.165, 1.54) is 6.07 Å². The molecule has 1 aliphatic rings. The van der Waals surface area contributed by atoms with Gasteiger partial charge in [0.05, 0.1) is 11.3 Å². The molecular weight excluding hydrogens is 291 g/mol. The zero-order valence-electron chi connectivity index (χ0n) is 10.8. The number of thioether (sulfide) groups is 1. The number of halogens is 3. The van der Waals surface area contributed by atoms with Gasteiger partial charge in [0.15, 0.2) is 0 Å². The first-order valence-corrected chi connectivity index (χ1v) is 7.22. The Bertz CT molecular complexity index is 519. The van der Waals surface area contributed by atoms with Gasteiger partial charge in [0.1, 0.15) is 0 Å². The van der Waals surface area contributed by atoms with Crippen LogP contribution >= 0.6 is 11.8 Å². The summed E-state index contributed by atoms with van der Waals surface area (Å²) in [6.07, 6.45) is -5.02. The average molecular weight is 305 g/mol. The van der Waals surface area contributed by atoms with Crippen molar-refractivity contribution in [3.63, 3.8) is 0 Å². The van der Waals surface area contributed by atoms with Crippen LogP contribution < -0.4 is 4.90 Å². The number of anilines is 1. The van der Waals surface area contributed by atoms with Crippen LogP contribution in [0.25, 0.3) is 0 Å². The van der Waals surface area contributed by atoms with E-state index < -0.39 is 17.8 Å². The molecule has 1 aromatic rings. The first kappa shape index (κ1) is 15.0. The Hall–Kier alpha value is -1.37. The minimum atomic E-state index is -4.41. The van der Waals surface area contributed by atoms with E-state index in [0.29, 0.717) is 24.2 Å². The first-order chi connectivity index (χ1) is 9.34. The molecule has 3 nitrogen and oxygen atoms in total. The lowest BCUT2D eigenvalue weighted by Gasteiger charge is -2.32. The standard InChI is InChI=1S/C13H14F3NO2S/c1-2-20-11-5-6-17(12(18)19)10-4-3-8(7-9(10)11)13(14,15)16/h3-4,7,11H,2,5-6H2,1H3,(H,18,19)/t11-/m1/s1. The van der Waals surface area contributed by atoms with E-state index in [1.807, 2.05) is 6.92 Å². The van der Waals surface area contributed by atoms with Gasteiger partial charge < -0.3 is 5.11 Å². The van der Waals surface area contributed by atoms with Crippen LogP contribution in [0.1, 0.15) is 29.7 Å². The van der Waals surface area contributed by atoms with Crippen LogP contribution in [-0.2, 0) is 6.18 Å². The molecule has 0 saturated heterocycles. The summed E-state index contributed by atoms with van der Waals surface area (Å²) in [4.78, 5) is 12.3. The molecule has 0 saturated carbocycles. The molecule has 1 atom stereocenters. The van der Waals surface area contributed by atoms with E-state index in [0.717, 1.165) is 22.8 Å². The molecule has 0 bridgehead atoms. The molecule has 1 aromatic carbocycles. The Kier molecular flexibility index (Phi) is 4.17. The molecule has 0 unspecified atom stereocenters. The van der Waals surface area contributed by atoms with Gasteiger partial charge in [-0.1, -0.05) is 6.92 Å². The zero-order chi connectivity index (χ0) is 14.9. The van der Waals surface area contributed by atoms with Crippen molar-refractivity contribution in [1.82, 2.24) is 0 Å². The number of fused-ring (bicyclic) bond motifs is 1. The smallest absolute Gasteiger partial charge is 0.416 e. The van der Waals surface area contributed by atoms with Crippen molar-refractivity contribution >= 4 is 23.5 Å². The lowest BCUT2D eigenvalue weighted by Crippen LogP contribution is -2.35. The minimum Gasteiger partial charge on any atom is -0.465 e. The Morgan fingerprint density at radius 1 is 1.50 bits per heavy atom. The van der Waals surface area contributed by atoms with Crippen LogP contribution in [-0.4, -0.2) is 23.5 Å². The van der Waals surface area contributed by atoms with Crippen LogP contribution in [0.15, 0.2) is 18.2 Å². The highest BCUT2D eigenvalue weighted by Gasteiger charge is 2.35. The zero-order valence-corrected chi connectivity index (χ0v) is 11.6. The van der Waals surface area contributed by atoms with E-state index >= 15 is 0 Å². The Morgan fingerprint density at radius 2 is 2.20 bits per heavy atom. The Morgan fingerprint density at radius 3 is 2.75 bits per heavy atom. The van der Waals surface area contributed by atoms with E-state index in [4.69, 9.17) is 5.11 Å². The summed E-state index contributed by atoms with van der Waals surface area (Å²) in [7, 11) is 0. The molecule has 2 rings (SSSR count). The van der Waals surface area contributed by atoms with Crippen LogP contribution in [0.5, 0.6) is 0 Å². The van der Waals surface area contributed by atoms with Crippen molar-refractivity contribution in [2.75, 3.05) is 17.2 Å². The SMILES string of the molecule is CCS[C@@H]1CCN(C(=O)O)c2ccc(C(F)(F)F)cc21. The van der Waals surface area contributed by atoms with Crippen LogP contribution in [0.3, 0.4) is 0 Å². The molecule has 20 heavy (non-hydrogen) atoms. The second-order valence-electron chi connectivity index (χ2n) is 4.44. The van der Waals surface area contributed by atoms with E-state index in [2.05, 4.69) is 0 Å². The number of hydrogen-bond donors (Lipinski definition) is 1. The van der Waals surface area contributed by atoms with Crippen molar-refractivity contribution in [3.05, 3.63) is 29.3 Å². The number of benzene rings is 1. The van der Waals surface area contributed by atoms with Crippen molar-refractivity contribution in [2.24, 2.45) is 0 Å². The van der Waals surface area contributed by atoms with Gasteiger partial charge in [-0.2, -0.15) is 24.9 Å². The maximum Gasteiger partial charge on any atom is 0.416 e. The number of nitrogens with zero attached hydrogens (tertiary/aromatic N) is 1. The number of amides is 1. The number of hydrogen-bond acceptors (Lipinski definition) is 2. The molecular formula is C13H14F3NO2S. The average Bonchev–Trinajstić information content (AvgIpc) is 2.37. The summed E-state index contributed by atoms with van der Waals surface area (Å²) in [6, 6.07) is 3.28. The Balaban J connectivity index is 2.49. The third-order valence-corrected chi connectivity index (χ3v) is 4.43. The van der Waals surface area contributed by atoms with Crippen molar-refractivity contribution < 1.29 is 23.1 Å². The second-order valence-corrected chi connectivity index (χ2v) is 5.92. The monoisotopic (exact) mass is 305 g/mol. The molecule has 0 radical (unpaired) electrons. The molecule has 0 aromatic heterocycles. The van der Waals surface area contributed by atoms with Gasteiger partial charge in [0.2, 0.25) is 0 Å². The summed E-state index contributed by atoms with van der Waals surface area (Å²) in [5.74, 6) is 0.771.